The second kappa shape index (κ2) is 8.89. The Kier molecular flexibility index (Phi) is 6.08. The largest absolute Gasteiger partial charge is 0.382 e. The molecule has 2 aromatic carbocycles. The fraction of sp³-hybridized carbons (Fsp3) is 0.458. The van der Waals surface area contributed by atoms with Crippen LogP contribution in [0.1, 0.15) is 43.4 Å². The minimum Gasteiger partial charge on any atom is -0.382 e. The maximum absolute atomic E-state index is 12.5. The number of benzene rings is 2. The molecule has 0 atom stereocenters. The summed E-state index contributed by atoms with van der Waals surface area (Å²) in [5, 5.41) is 3.09. The molecule has 1 saturated heterocycles. The number of fused-ring (bicyclic) bond motifs is 3. The van der Waals surface area contributed by atoms with Crippen LogP contribution in [0.3, 0.4) is 0 Å². The Morgan fingerprint density at radius 2 is 1.64 bits per heavy atom. The average Bonchev–Trinajstić information content (AvgIpc) is 3.08. The quantitative estimate of drug-likeness (QED) is 0.740. The summed E-state index contributed by atoms with van der Waals surface area (Å²) in [6.07, 6.45) is 2.74. The molecule has 0 bridgehead atoms. The van der Waals surface area contributed by atoms with Gasteiger partial charge in [-0.05, 0) is 61.5 Å². The first-order valence-corrected chi connectivity index (χ1v) is 10.6. The lowest BCUT2D eigenvalue weighted by Crippen LogP contribution is -2.42. The van der Waals surface area contributed by atoms with Gasteiger partial charge in [0.15, 0.2) is 0 Å². The van der Waals surface area contributed by atoms with E-state index < -0.39 is 0 Å². The standard InChI is InChI=1S/C24H30N2O2/c1-2-28-17-7-14-25-24(27)18-12-15-26(16-13-18)23-21-10-5-3-8-19(21)20-9-4-6-11-22(20)23/h3-6,8-11,18,23H,2,7,12-17H2,1H3,(H,25,27). The first kappa shape index (κ1) is 19.2. The van der Waals surface area contributed by atoms with Crippen LogP contribution in [-0.4, -0.2) is 43.7 Å². The van der Waals surface area contributed by atoms with E-state index in [9.17, 15) is 4.79 Å². The molecule has 148 valence electrons. The van der Waals surface area contributed by atoms with E-state index in [0.29, 0.717) is 12.6 Å². The summed E-state index contributed by atoms with van der Waals surface area (Å²) in [6.45, 7) is 6.08. The molecular formula is C24H30N2O2. The Balaban J connectivity index is 1.37. The number of nitrogens with zero attached hydrogens (tertiary/aromatic N) is 1. The van der Waals surface area contributed by atoms with E-state index in [-0.39, 0.29) is 11.8 Å². The van der Waals surface area contributed by atoms with E-state index in [1.807, 2.05) is 6.92 Å². The molecule has 1 amide bonds. The van der Waals surface area contributed by atoms with Crippen molar-refractivity contribution in [3.63, 3.8) is 0 Å². The third kappa shape index (κ3) is 3.85. The Morgan fingerprint density at radius 1 is 1.04 bits per heavy atom. The van der Waals surface area contributed by atoms with E-state index in [0.717, 1.165) is 45.6 Å². The maximum atomic E-state index is 12.5. The van der Waals surface area contributed by atoms with Crippen LogP contribution < -0.4 is 5.32 Å². The minimum absolute atomic E-state index is 0.134. The smallest absolute Gasteiger partial charge is 0.223 e. The van der Waals surface area contributed by atoms with Crippen molar-refractivity contribution in [1.29, 1.82) is 0 Å². The van der Waals surface area contributed by atoms with Crippen LogP contribution in [-0.2, 0) is 9.53 Å². The van der Waals surface area contributed by atoms with Gasteiger partial charge in [0.05, 0.1) is 6.04 Å². The first-order chi connectivity index (χ1) is 13.8. The molecule has 0 aromatic heterocycles. The summed E-state index contributed by atoms with van der Waals surface area (Å²) in [4.78, 5) is 15.0. The van der Waals surface area contributed by atoms with Crippen LogP contribution in [0.5, 0.6) is 0 Å². The van der Waals surface area contributed by atoms with Crippen LogP contribution in [0.2, 0.25) is 0 Å². The molecule has 4 rings (SSSR count). The molecule has 0 unspecified atom stereocenters. The number of hydrogen-bond acceptors (Lipinski definition) is 3. The van der Waals surface area contributed by atoms with Gasteiger partial charge in [0, 0.05) is 25.7 Å². The molecule has 2 aliphatic rings. The molecule has 1 fully saturated rings. The summed E-state index contributed by atoms with van der Waals surface area (Å²) < 4.78 is 5.33. The number of ether oxygens (including phenoxy) is 1. The van der Waals surface area contributed by atoms with Crippen LogP contribution >= 0.6 is 0 Å². The van der Waals surface area contributed by atoms with Crippen molar-refractivity contribution in [2.24, 2.45) is 5.92 Å². The molecule has 4 nitrogen and oxygen atoms in total. The van der Waals surface area contributed by atoms with Gasteiger partial charge in [-0.2, -0.15) is 0 Å². The fourth-order valence-corrected chi connectivity index (χ4v) is 4.62. The molecule has 1 N–H and O–H groups in total. The summed E-state index contributed by atoms with van der Waals surface area (Å²) in [6, 6.07) is 17.8. The zero-order valence-electron chi connectivity index (χ0n) is 16.7. The van der Waals surface area contributed by atoms with Gasteiger partial charge in [-0.25, -0.2) is 0 Å². The molecule has 0 radical (unpaired) electrons. The predicted octanol–water partition coefficient (Wildman–Crippen LogP) is 4.01. The maximum Gasteiger partial charge on any atom is 0.223 e. The number of nitrogens with one attached hydrogen (secondary N) is 1. The van der Waals surface area contributed by atoms with Gasteiger partial charge in [0.25, 0.3) is 0 Å². The Hall–Kier alpha value is -2.17. The van der Waals surface area contributed by atoms with Gasteiger partial charge in [0.1, 0.15) is 0 Å². The summed E-state index contributed by atoms with van der Waals surface area (Å²) in [7, 11) is 0. The predicted molar refractivity (Wildman–Crippen MR) is 112 cm³/mol. The van der Waals surface area contributed by atoms with Gasteiger partial charge in [0.2, 0.25) is 5.91 Å². The second-order valence-electron chi connectivity index (χ2n) is 7.73. The average molecular weight is 379 g/mol. The zero-order chi connectivity index (χ0) is 19.3. The fourth-order valence-electron chi connectivity index (χ4n) is 4.62. The van der Waals surface area contributed by atoms with Crippen LogP contribution in [0.4, 0.5) is 0 Å². The number of carbonyl (C=O) groups is 1. The SMILES string of the molecule is CCOCCCNC(=O)C1CCN(C2c3ccccc3-c3ccccc32)CC1. The van der Waals surface area contributed by atoms with Crippen molar-refractivity contribution in [3.05, 3.63) is 59.7 Å². The van der Waals surface area contributed by atoms with Crippen molar-refractivity contribution in [2.75, 3.05) is 32.8 Å². The summed E-state index contributed by atoms with van der Waals surface area (Å²) >= 11 is 0. The monoisotopic (exact) mass is 378 g/mol. The highest BCUT2D eigenvalue weighted by Gasteiger charge is 2.35. The Bertz CT molecular complexity index is 766. The third-order valence-corrected chi connectivity index (χ3v) is 6.04. The molecule has 1 aliphatic carbocycles. The molecule has 0 spiro atoms. The highest BCUT2D eigenvalue weighted by Crippen LogP contribution is 2.46. The lowest BCUT2D eigenvalue weighted by molar-refractivity contribution is -0.126. The number of hydrogen-bond donors (Lipinski definition) is 1. The lowest BCUT2D eigenvalue weighted by atomic mass is 9.93. The van der Waals surface area contributed by atoms with Gasteiger partial charge >= 0.3 is 0 Å². The van der Waals surface area contributed by atoms with Gasteiger partial charge in [-0.1, -0.05) is 48.5 Å². The zero-order valence-corrected chi connectivity index (χ0v) is 16.7. The van der Waals surface area contributed by atoms with Gasteiger partial charge in [-0.15, -0.1) is 0 Å². The third-order valence-electron chi connectivity index (χ3n) is 6.04. The van der Waals surface area contributed by atoms with Crippen molar-refractivity contribution in [3.8, 4) is 11.1 Å². The van der Waals surface area contributed by atoms with Gasteiger partial charge < -0.3 is 10.1 Å². The summed E-state index contributed by atoms with van der Waals surface area (Å²) in [5.41, 5.74) is 5.53. The molecule has 1 heterocycles. The van der Waals surface area contributed by atoms with Crippen molar-refractivity contribution in [1.82, 2.24) is 10.2 Å². The molecule has 4 heteroatoms. The lowest BCUT2D eigenvalue weighted by Gasteiger charge is -2.36. The van der Waals surface area contributed by atoms with E-state index >= 15 is 0 Å². The Labute approximate surface area is 167 Å². The highest BCUT2D eigenvalue weighted by atomic mass is 16.5. The number of piperidine rings is 1. The number of amides is 1. The molecular weight excluding hydrogens is 348 g/mol. The van der Waals surface area contributed by atoms with E-state index in [2.05, 4.69) is 58.7 Å². The van der Waals surface area contributed by atoms with E-state index in [1.54, 1.807) is 0 Å². The number of likely N-dealkylation sites (tertiary alicyclic amines) is 1. The van der Waals surface area contributed by atoms with E-state index in [4.69, 9.17) is 4.74 Å². The molecule has 0 saturated carbocycles. The normalized spacial score (nSPS) is 17.3. The summed E-state index contributed by atoms with van der Waals surface area (Å²) in [5.74, 6) is 0.346. The highest BCUT2D eigenvalue weighted by molar-refractivity contribution is 5.79. The number of carbonyl (C=O) groups excluding carboxylic acids is 1. The topological polar surface area (TPSA) is 41.6 Å². The van der Waals surface area contributed by atoms with Crippen LogP contribution in [0, 0.1) is 5.92 Å². The van der Waals surface area contributed by atoms with Gasteiger partial charge in [-0.3, -0.25) is 9.69 Å². The minimum atomic E-state index is 0.134. The molecule has 2 aromatic rings. The second-order valence-corrected chi connectivity index (χ2v) is 7.73. The van der Waals surface area contributed by atoms with Crippen LogP contribution in [0.25, 0.3) is 11.1 Å². The molecule has 1 aliphatic heterocycles. The van der Waals surface area contributed by atoms with E-state index in [1.165, 1.54) is 22.3 Å². The van der Waals surface area contributed by atoms with Crippen LogP contribution in [0.15, 0.2) is 48.5 Å². The van der Waals surface area contributed by atoms with Crippen molar-refractivity contribution in [2.45, 2.75) is 32.2 Å². The molecule has 28 heavy (non-hydrogen) atoms. The number of rotatable bonds is 7. The first-order valence-electron chi connectivity index (χ1n) is 10.6. The van der Waals surface area contributed by atoms with Crippen molar-refractivity contribution >= 4 is 5.91 Å². The van der Waals surface area contributed by atoms with Crippen molar-refractivity contribution < 1.29 is 9.53 Å². The Morgan fingerprint density at radius 3 is 2.25 bits per heavy atom.